The molecule has 1 aliphatic rings. The van der Waals surface area contributed by atoms with Crippen molar-refractivity contribution in [3.63, 3.8) is 0 Å². The van der Waals surface area contributed by atoms with E-state index in [1.807, 2.05) is 0 Å². The van der Waals surface area contributed by atoms with Crippen LogP contribution in [0.2, 0.25) is 0 Å². The largest absolute Gasteiger partial charge is 0.376 e. The second-order valence-electron chi connectivity index (χ2n) is 4.46. The molecule has 1 rings (SSSR count). The SMILES string of the molecule is CCCC(CN)C(=O)NCC1CCCCO1. The minimum absolute atomic E-state index is 0.0337. The summed E-state index contributed by atoms with van der Waals surface area (Å²) < 4.78 is 5.56. The summed E-state index contributed by atoms with van der Waals surface area (Å²) >= 11 is 0. The highest BCUT2D eigenvalue weighted by Crippen LogP contribution is 2.12. The van der Waals surface area contributed by atoms with E-state index < -0.39 is 0 Å². The van der Waals surface area contributed by atoms with Gasteiger partial charge < -0.3 is 15.8 Å². The van der Waals surface area contributed by atoms with Crippen molar-refractivity contribution in [3.8, 4) is 0 Å². The first-order valence-electron chi connectivity index (χ1n) is 6.37. The van der Waals surface area contributed by atoms with Gasteiger partial charge in [-0.1, -0.05) is 13.3 Å². The van der Waals surface area contributed by atoms with Crippen molar-refractivity contribution in [1.82, 2.24) is 5.32 Å². The zero-order valence-electron chi connectivity index (χ0n) is 10.2. The summed E-state index contributed by atoms with van der Waals surface area (Å²) in [6.07, 6.45) is 5.48. The van der Waals surface area contributed by atoms with Gasteiger partial charge >= 0.3 is 0 Å². The Kier molecular flexibility index (Phi) is 6.42. The molecule has 0 aromatic heterocycles. The second kappa shape index (κ2) is 7.63. The molecule has 0 aliphatic carbocycles. The van der Waals surface area contributed by atoms with Crippen LogP contribution in [-0.4, -0.2) is 31.7 Å². The summed E-state index contributed by atoms with van der Waals surface area (Å²) in [4.78, 5) is 11.8. The maximum absolute atomic E-state index is 11.8. The summed E-state index contributed by atoms with van der Waals surface area (Å²) in [5.74, 6) is 0.0483. The van der Waals surface area contributed by atoms with E-state index in [0.29, 0.717) is 13.1 Å². The van der Waals surface area contributed by atoms with E-state index in [2.05, 4.69) is 12.2 Å². The van der Waals surface area contributed by atoms with E-state index >= 15 is 0 Å². The van der Waals surface area contributed by atoms with Gasteiger partial charge in [0.05, 0.1) is 12.0 Å². The van der Waals surface area contributed by atoms with Gasteiger partial charge in [-0.3, -0.25) is 4.79 Å². The van der Waals surface area contributed by atoms with Gasteiger partial charge in [0.2, 0.25) is 5.91 Å². The third-order valence-corrected chi connectivity index (χ3v) is 3.07. The molecule has 1 fully saturated rings. The van der Waals surface area contributed by atoms with Crippen LogP contribution >= 0.6 is 0 Å². The lowest BCUT2D eigenvalue weighted by atomic mass is 10.0. The number of nitrogens with one attached hydrogen (secondary N) is 1. The molecule has 0 bridgehead atoms. The molecule has 4 nitrogen and oxygen atoms in total. The normalized spacial score (nSPS) is 22.8. The molecule has 0 radical (unpaired) electrons. The van der Waals surface area contributed by atoms with Crippen molar-refractivity contribution < 1.29 is 9.53 Å². The third kappa shape index (κ3) is 4.49. The Morgan fingerprint density at radius 1 is 1.56 bits per heavy atom. The molecular formula is C12H24N2O2. The van der Waals surface area contributed by atoms with Crippen molar-refractivity contribution in [2.45, 2.75) is 45.1 Å². The van der Waals surface area contributed by atoms with Gasteiger partial charge in [0.1, 0.15) is 0 Å². The monoisotopic (exact) mass is 228 g/mol. The summed E-state index contributed by atoms with van der Waals surface area (Å²) in [5, 5.41) is 2.94. The van der Waals surface area contributed by atoms with Crippen LogP contribution in [0.3, 0.4) is 0 Å². The highest BCUT2D eigenvalue weighted by molar-refractivity contribution is 5.78. The van der Waals surface area contributed by atoms with Gasteiger partial charge in [0.15, 0.2) is 0 Å². The molecule has 0 aromatic rings. The van der Waals surface area contributed by atoms with Crippen LogP contribution in [0.25, 0.3) is 0 Å². The summed E-state index contributed by atoms with van der Waals surface area (Å²) in [6, 6.07) is 0. The number of hydrogen-bond donors (Lipinski definition) is 2. The topological polar surface area (TPSA) is 64.4 Å². The van der Waals surface area contributed by atoms with Gasteiger partial charge in [-0.15, -0.1) is 0 Å². The van der Waals surface area contributed by atoms with Crippen molar-refractivity contribution in [1.29, 1.82) is 0 Å². The molecule has 3 N–H and O–H groups in total. The lowest BCUT2D eigenvalue weighted by Crippen LogP contribution is -2.40. The zero-order valence-corrected chi connectivity index (χ0v) is 10.2. The van der Waals surface area contributed by atoms with E-state index in [9.17, 15) is 4.79 Å². The molecule has 4 heteroatoms. The maximum Gasteiger partial charge on any atom is 0.224 e. The highest BCUT2D eigenvalue weighted by atomic mass is 16.5. The molecule has 0 aromatic carbocycles. The van der Waals surface area contributed by atoms with E-state index in [1.54, 1.807) is 0 Å². The second-order valence-corrected chi connectivity index (χ2v) is 4.46. The first-order chi connectivity index (χ1) is 7.77. The average Bonchev–Trinajstić information content (AvgIpc) is 2.34. The molecule has 1 amide bonds. The molecule has 2 unspecified atom stereocenters. The fourth-order valence-corrected chi connectivity index (χ4v) is 2.03. The fourth-order valence-electron chi connectivity index (χ4n) is 2.03. The molecule has 1 aliphatic heterocycles. The highest BCUT2D eigenvalue weighted by Gasteiger charge is 2.18. The number of nitrogens with two attached hydrogens (primary N) is 1. The minimum atomic E-state index is -0.0337. The van der Waals surface area contributed by atoms with Crippen LogP contribution in [0.4, 0.5) is 0 Å². The number of hydrogen-bond acceptors (Lipinski definition) is 3. The van der Waals surface area contributed by atoms with Gasteiger partial charge in [-0.2, -0.15) is 0 Å². The molecule has 0 spiro atoms. The van der Waals surface area contributed by atoms with Gasteiger partial charge in [-0.25, -0.2) is 0 Å². The first kappa shape index (κ1) is 13.5. The van der Waals surface area contributed by atoms with E-state index in [4.69, 9.17) is 10.5 Å². The molecule has 1 heterocycles. The van der Waals surface area contributed by atoms with Crippen LogP contribution in [0.1, 0.15) is 39.0 Å². The summed E-state index contributed by atoms with van der Waals surface area (Å²) in [7, 11) is 0. The molecule has 2 atom stereocenters. The lowest BCUT2D eigenvalue weighted by Gasteiger charge is -2.23. The lowest BCUT2D eigenvalue weighted by molar-refractivity contribution is -0.125. The van der Waals surface area contributed by atoms with Gasteiger partial charge in [-0.05, 0) is 25.7 Å². The predicted octanol–water partition coefficient (Wildman–Crippen LogP) is 1.05. The van der Waals surface area contributed by atoms with Gasteiger partial charge in [0.25, 0.3) is 0 Å². The van der Waals surface area contributed by atoms with Crippen molar-refractivity contribution in [3.05, 3.63) is 0 Å². The molecular weight excluding hydrogens is 204 g/mol. The third-order valence-electron chi connectivity index (χ3n) is 3.07. The van der Waals surface area contributed by atoms with Crippen LogP contribution in [0, 0.1) is 5.92 Å². The van der Waals surface area contributed by atoms with Crippen LogP contribution in [0.15, 0.2) is 0 Å². The number of carbonyl (C=O) groups is 1. The van der Waals surface area contributed by atoms with Crippen molar-refractivity contribution in [2.75, 3.05) is 19.7 Å². The maximum atomic E-state index is 11.8. The smallest absolute Gasteiger partial charge is 0.224 e. The fraction of sp³-hybridized carbons (Fsp3) is 0.917. The molecule has 94 valence electrons. The van der Waals surface area contributed by atoms with E-state index in [0.717, 1.165) is 32.3 Å². The molecule has 0 saturated carbocycles. The minimum Gasteiger partial charge on any atom is -0.376 e. The zero-order chi connectivity index (χ0) is 11.8. The first-order valence-corrected chi connectivity index (χ1v) is 6.37. The Bertz CT molecular complexity index is 203. The van der Waals surface area contributed by atoms with Crippen LogP contribution in [-0.2, 0) is 9.53 Å². The standard InChI is InChI=1S/C12H24N2O2/c1-2-5-10(8-13)12(15)14-9-11-6-3-4-7-16-11/h10-11H,2-9,13H2,1H3,(H,14,15). The Morgan fingerprint density at radius 2 is 2.38 bits per heavy atom. The molecule has 1 saturated heterocycles. The van der Waals surface area contributed by atoms with E-state index in [1.165, 1.54) is 6.42 Å². The predicted molar refractivity (Wildman–Crippen MR) is 64.1 cm³/mol. The Hall–Kier alpha value is -0.610. The number of ether oxygens (including phenoxy) is 1. The summed E-state index contributed by atoms with van der Waals surface area (Å²) in [5.41, 5.74) is 5.58. The summed E-state index contributed by atoms with van der Waals surface area (Å²) in [6.45, 7) is 3.97. The Balaban J connectivity index is 2.21. The number of carbonyl (C=O) groups excluding carboxylic acids is 1. The number of rotatable bonds is 6. The quantitative estimate of drug-likeness (QED) is 0.714. The van der Waals surface area contributed by atoms with Crippen LogP contribution < -0.4 is 11.1 Å². The van der Waals surface area contributed by atoms with Crippen LogP contribution in [0.5, 0.6) is 0 Å². The van der Waals surface area contributed by atoms with Gasteiger partial charge in [0, 0.05) is 19.7 Å². The van der Waals surface area contributed by atoms with Crippen molar-refractivity contribution >= 4 is 5.91 Å². The Morgan fingerprint density at radius 3 is 2.94 bits per heavy atom. The number of amides is 1. The van der Waals surface area contributed by atoms with Crippen molar-refractivity contribution in [2.24, 2.45) is 11.7 Å². The Labute approximate surface area is 97.9 Å². The van der Waals surface area contributed by atoms with E-state index in [-0.39, 0.29) is 17.9 Å². The molecule has 16 heavy (non-hydrogen) atoms. The average molecular weight is 228 g/mol.